The lowest BCUT2D eigenvalue weighted by Crippen LogP contribution is -2.31. The highest BCUT2D eigenvalue weighted by Crippen LogP contribution is 2.20. The van der Waals surface area contributed by atoms with Crippen molar-refractivity contribution in [1.29, 1.82) is 0 Å². The predicted molar refractivity (Wildman–Crippen MR) is 124 cm³/mol. The van der Waals surface area contributed by atoms with Gasteiger partial charge in [-0.1, -0.05) is 32.0 Å². The number of aryl methyl sites for hydroxylation is 1. The summed E-state index contributed by atoms with van der Waals surface area (Å²) in [6.45, 7) is 7.97. The summed E-state index contributed by atoms with van der Waals surface area (Å²) < 4.78 is 27.0. The molecular formula is C24H31N3O4S. The molecule has 1 N–H and O–H groups in total. The average Bonchev–Trinajstić information content (AvgIpc) is 3.33. The second-order valence-corrected chi connectivity index (χ2v) is 9.88. The van der Waals surface area contributed by atoms with Crippen LogP contribution in [0.3, 0.4) is 0 Å². The van der Waals surface area contributed by atoms with Crippen molar-refractivity contribution in [3.8, 4) is 0 Å². The average molecular weight is 458 g/mol. The van der Waals surface area contributed by atoms with Gasteiger partial charge >= 0.3 is 0 Å². The quantitative estimate of drug-likeness (QED) is 0.660. The van der Waals surface area contributed by atoms with Gasteiger partial charge in [-0.25, -0.2) is 8.42 Å². The number of carbonyl (C=O) groups is 2. The Morgan fingerprint density at radius 2 is 1.62 bits per heavy atom. The van der Waals surface area contributed by atoms with E-state index in [0.717, 1.165) is 31.5 Å². The highest BCUT2D eigenvalue weighted by atomic mass is 32.2. The first-order valence-corrected chi connectivity index (χ1v) is 12.5. The number of benzene rings is 2. The molecule has 2 amide bonds. The third-order valence-corrected chi connectivity index (χ3v) is 7.89. The topological polar surface area (TPSA) is 86.8 Å². The molecule has 1 aliphatic heterocycles. The maximum atomic E-state index is 12.8. The molecule has 8 heteroatoms. The van der Waals surface area contributed by atoms with Crippen LogP contribution in [0, 0.1) is 6.92 Å². The first-order valence-electron chi connectivity index (χ1n) is 11.0. The molecule has 0 spiro atoms. The lowest BCUT2D eigenvalue weighted by Gasteiger charge is -2.19. The van der Waals surface area contributed by atoms with Crippen molar-refractivity contribution in [2.45, 2.75) is 45.1 Å². The number of nitrogens with zero attached hydrogens (tertiary/aromatic N) is 2. The van der Waals surface area contributed by atoms with Crippen molar-refractivity contribution in [1.82, 2.24) is 14.5 Å². The van der Waals surface area contributed by atoms with Crippen LogP contribution in [0.1, 0.15) is 58.5 Å². The second kappa shape index (κ2) is 10.3. The van der Waals surface area contributed by atoms with Gasteiger partial charge in [-0.15, -0.1) is 0 Å². The van der Waals surface area contributed by atoms with E-state index in [2.05, 4.69) is 5.32 Å². The van der Waals surface area contributed by atoms with Crippen LogP contribution in [0.2, 0.25) is 0 Å². The highest BCUT2D eigenvalue weighted by Gasteiger charge is 2.23. The fraction of sp³-hybridized carbons (Fsp3) is 0.417. The smallest absolute Gasteiger partial charge is 0.253 e. The summed E-state index contributed by atoms with van der Waals surface area (Å²) in [5.41, 5.74) is 2.54. The monoisotopic (exact) mass is 457 g/mol. The number of amides is 2. The molecule has 7 nitrogen and oxygen atoms in total. The van der Waals surface area contributed by atoms with E-state index in [0.29, 0.717) is 29.8 Å². The highest BCUT2D eigenvalue weighted by molar-refractivity contribution is 7.89. The van der Waals surface area contributed by atoms with Crippen LogP contribution in [0.25, 0.3) is 0 Å². The third-order valence-electron chi connectivity index (χ3n) is 5.84. The Hall–Kier alpha value is -2.71. The van der Waals surface area contributed by atoms with E-state index in [1.165, 1.54) is 16.4 Å². The Balaban J connectivity index is 1.69. The molecule has 3 rings (SSSR count). The number of likely N-dealkylation sites (tertiary alicyclic amines) is 1. The number of carbonyl (C=O) groups excluding carboxylic acids is 2. The van der Waals surface area contributed by atoms with Crippen molar-refractivity contribution < 1.29 is 18.0 Å². The molecule has 0 radical (unpaired) electrons. The summed E-state index contributed by atoms with van der Waals surface area (Å²) in [5.74, 6) is -0.295. The molecule has 2 aromatic rings. The molecule has 1 saturated heterocycles. The lowest BCUT2D eigenvalue weighted by molar-refractivity contribution is 0.0792. The van der Waals surface area contributed by atoms with Crippen molar-refractivity contribution in [2.75, 3.05) is 26.2 Å². The molecule has 0 bridgehead atoms. The van der Waals surface area contributed by atoms with Crippen LogP contribution in [0.5, 0.6) is 0 Å². The molecule has 0 atom stereocenters. The normalized spacial score (nSPS) is 14.1. The molecule has 32 heavy (non-hydrogen) atoms. The van der Waals surface area contributed by atoms with E-state index in [1.807, 2.05) is 17.0 Å². The van der Waals surface area contributed by atoms with Crippen LogP contribution >= 0.6 is 0 Å². The third kappa shape index (κ3) is 5.19. The zero-order valence-electron chi connectivity index (χ0n) is 18.9. The fourth-order valence-corrected chi connectivity index (χ4v) is 5.35. The zero-order valence-corrected chi connectivity index (χ0v) is 19.7. The predicted octanol–water partition coefficient (Wildman–Crippen LogP) is 3.19. The van der Waals surface area contributed by atoms with E-state index in [9.17, 15) is 18.0 Å². The summed E-state index contributed by atoms with van der Waals surface area (Å²) in [6, 6.07) is 11.9. The Morgan fingerprint density at radius 3 is 2.22 bits per heavy atom. The zero-order chi connectivity index (χ0) is 23.3. The molecule has 2 aromatic carbocycles. The summed E-state index contributed by atoms with van der Waals surface area (Å²) in [4.78, 5) is 27.2. The van der Waals surface area contributed by atoms with Crippen LogP contribution in [0.4, 0.5) is 0 Å². The van der Waals surface area contributed by atoms with Gasteiger partial charge in [0, 0.05) is 43.9 Å². The molecule has 0 aromatic heterocycles. The Kier molecular flexibility index (Phi) is 7.69. The van der Waals surface area contributed by atoms with E-state index in [4.69, 9.17) is 0 Å². The minimum atomic E-state index is -3.64. The number of rotatable bonds is 8. The van der Waals surface area contributed by atoms with Crippen LogP contribution < -0.4 is 5.32 Å². The summed E-state index contributed by atoms with van der Waals surface area (Å²) in [6.07, 6.45) is 2.10. The van der Waals surface area contributed by atoms with Crippen LogP contribution in [-0.4, -0.2) is 55.6 Å². The fourth-order valence-electron chi connectivity index (χ4n) is 3.86. The number of hydrogen-bond acceptors (Lipinski definition) is 4. The molecular weight excluding hydrogens is 426 g/mol. The van der Waals surface area contributed by atoms with Crippen LogP contribution in [0.15, 0.2) is 47.4 Å². The molecule has 0 aliphatic carbocycles. The largest absolute Gasteiger partial charge is 0.348 e. The van der Waals surface area contributed by atoms with Crippen molar-refractivity contribution >= 4 is 21.8 Å². The summed E-state index contributed by atoms with van der Waals surface area (Å²) >= 11 is 0. The Morgan fingerprint density at radius 1 is 1.00 bits per heavy atom. The van der Waals surface area contributed by atoms with Crippen LogP contribution in [-0.2, 0) is 16.6 Å². The first-order chi connectivity index (χ1) is 15.3. The molecule has 172 valence electrons. The first kappa shape index (κ1) is 23.9. The minimum absolute atomic E-state index is 0.0416. The maximum absolute atomic E-state index is 12.8. The van der Waals surface area contributed by atoms with E-state index < -0.39 is 10.0 Å². The number of sulfonamides is 1. The van der Waals surface area contributed by atoms with Gasteiger partial charge in [-0.2, -0.15) is 4.31 Å². The van der Waals surface area contributed by atoms with Crippen molar-refractivity contribution in [2.24, 2.45) is 0 Å². The molecule has 0 unspecified atom stereocenters. The summed E-state index contributed by atoms with van der Waals surface area (Å²) in [7, 11) is -3.64. The van der Waals surface area contributed by atoms with Gasteiger partial charge in [0.05, 0.1) is 4.90 Å². The molecule has 1 aliphatic rings. The number of nitrogens with one attached hydrogen (secondary N) is 1. The van der Waals surface area contributed by atoms with Gasteiger partial charge in [-0.3, -0.25) is 9.59 Å². The lowest BCUT2D eigenvalue weighted by atomic mass is 10.1. The molecule has 1 heterocycles. The van der Waals surface area contributed by atoms with E-state index in [-0.39, 0.29) is 23.3 Å². The standard InChI is InChI=1S/C24H31N3O4S/c1-4-27(5-2)32(30,31)21-13-8-18(3)22(16-21)23(28)25-17-19-9-11-20(12-10-19)24(29)26-14-6-7-15-26/h8-13,16H,4-7,14-15,17H2,1-3H3,(H,25,28). The second-order valence-electron chi connectivity index (χ2n) is 7.94. The van der Waals surface area contributed by atoms with Crippen molar-refractivity contribution in [3.63, 3.8) is 0 Å². The van der Waals surface area contributed by atoms with Gasteiger partial charge in [0.25, 0.3) is 11.8 Å². The van der Waals surface area contributed by atoms with Gasteiger partial charge in [-0.05, 0) is 55.2 Å². The SMILES string of the molecule is CCN(CC)S(=O)(=O)c1ccc(C)c(C(=O)NCc2ccc(C(=O)N3CCCC3)cc2)c1. The minimum Gasteiger partial charge on any atom is -0.348 e. The van der Waals surface area contributed by atoms with Crippen molar-refractivity contribution in [3.05, 3.63) is 64.7 Å². The van der Waals surface area contributed by atoms with Gasteiger partial charge in [0.15, 0.2) is 0 Å². The van der Waals surface area contributed by atoms with E-state index in [1.54, 1.807) is 39.0 Å². The van der Waals surface area contributed by atoms with E-state index >= 15 is 0 Å². The summed E-state index contributed by atoms with van der Waals surface area (Å²) in [5, 5.41) is 2.85. The van der Waals surface area contributed by atoms with Gasteiger partial charge < -0.3 is 10.2 Å². The molecule has 0 saturated carbocycles. The van der Waals surface area contributed by atoms with Gasteiger partial charge in [0.2, 0.25) is 10.0 Å². The number of hydrogen-bond donors (Lipinski definition) is 1. The maximum Gasteiger partial charge on any atom is 0.253 e. The molecule has 1 fully saturated rings. The Bertz CT molecular complexity index is 1070. The Labute approximate surface area is 190 Å². The van der Waals surface area contributed by atoms with Gasteiger partial charge in [0.1, 0.15) is 0 Å².